The van der Waals surface area contributed by atoms with Gasteiger partial charge in [0, 0.05) is 24.6 Å². The Hall–Kier alpha value is -2.35. The summed E-state index contributed by atoms with van der Waals surface area (Å²) in [6, 6.07) is 16.8. The van der Waals surface area contributed by atoms with Gasteiger partial charge in [0.2, 0.25) is 0 Å². The summed E-state index contributed by atoms with van der Waals surface area (Å²) in [6.07, 6.45) is 6.69. The van der Waals surface area contributed by atoms with E-state index in [1.807, 2.05) is 18.5 Å². The van der Waals surface area contributed by atoms with Crippen LogP contribution in [0.25, 0.3) is 0 Å². The van der Waals surface area contributed by atoms with E-state index in [0.29, 0.717) is 12.5 Å². The van der Waals surface area contributed by atoms with Gasteiger partial charge in [-0.25, -0.2) is 9.98 Å². The number of anilines is 1. The van der Waals surface area contributed by atoms with Crippen LogP contribution in [0.1, 0.15) is 36.4 Å². The lowest BCUT2D eigenvalue weighted by atomic mass is 10.0. The summed E-state index contributed by atoms with van der Waals surface area (Å²) in [5, 5.41) is 3.31. The molecule has 3 N–H and O–H groups in total. The van der Waals surface area contributed by atoms with E-state index in [1.165, 1.54) is 16.7 Å². The highest BCUT2D eigenvalue weighted by molar-refractivity contribution is 14.0. The van der Waals surface area contributed by atoms with Gasteiger partial charge < -0.3 is 15.6 Å². The number of nitrogens with one attached hydrogen (secondary N) is 1. The number of aliphatic imine (C=N–C) groups is 1. The van der Waals surface area contributed by atoms with Gasteiger partial charge in [0.1, 0.15) is 12.4 Å². The van der Waals surface area contributed by atoms with Gasteiger partial charge in [0.15, 0.2) is 5.96 Å². The largest absolute Gasteiger partial charge is 0.370 e. The minimum absolute atomic E-state index is 0. The average Bonchev–Trinajstić information content (AvgIpc) is 3.19. The van der Waals surface area contributed by atoms with Crippen LogP contribution in [0.5, 0.6) is 0 Å². The standard InChI is InChI=1S/C23H29N5.HI/c1-3-19-11-8-12-20(4-2)22(19)27-23(24)26-17-21-25-14-16-28(21)15-13-18-9-6-5-7-10-18;/h5-12,14,16H,3-4,13,15,17H2,1-2H3,(H3,24,26,27);1H. The first kappa shape index (κ1) is 22.9. The van der Waals surface area contributed by atoms with Gasteiger partial charge in [0.05, 0.1) is 0 Å². The molecule has 0 aliphatic heterocycles. The number of imidazole rings is 1. The van der Waals surface area contributed by atoms with Crippen LogP contribution >= 0.6 is 24.0 Å². The van der Waals surface area contributed by atoms with Crippen LogP contribution in [0, 0.1) is 0 Å². The van der Waals surface area contributed by atoms with E-state index in [0.717, 1.165) is 37.3 Å². The number of nitrogens with two attached hydrogens (primary N) is 1. The predicted molar refractivity (Wildman–Crippen MR) is 132 cm³/mol. The minimum atomic E-state index is 0. The monoisotopic (exact) mass is 503 g/mol. The topological polar surface area (TPSA) is 68.2 Å². The fourth-order valence-electron chi connectivity index (χ4n) is 3.32. The molecule has 0 radical (unpaired) electrons. The van der Waals surface area contributed by atoms with Crippen molar-refractivity contribution < 1.29 is 0 Å². The normalized spacial score (nSPS) is 11.2. The number of hydrogen-bond donors (Lipinski definition) is 2. The number of guanidine groups is 1. The van der Waals surface area contributed by atoms with Crippen LogP contribution in [-0.4, -0.2) is 15.5 Å². The summed E-state index contributed by atoms with van der Waals surface area (Å²) in [5.41, 5.74) is 11.1. The molecule has 0 aliphatic carbocycles. The van der Waals surface area contributed by atoms with Gasteiger partial charge >= 0.3 is 0 Å². The van der Waals surface area contributed by atoms with Crippen molar-refractivity contribution in [2.45, 2.75) is 46.2 Å². The molecule has 1 heterocycles. The zero-order valence-corrected chi connectivity index (χ0v) is 19.5. The molecule has 3 aromatic rings. The Kier molecular flexibility index (Phi) is 9.18. The summed E-state index contributed by atoms with van der Waals surface area (Å²) in [6.45, 7) is 5.63. The van der Waals surface area contributed by atoms with Crippen molar-refractivity contribution in [1.29, 1.82) is 0 Å². The van der Waals surface area contributed by atoms with Crippen molar-refractivity contribution in [3.05, 3.63) is 83.4 Å². The Morgan fingerprint density at radius 3 is 2.38 bits per heavy atom. The summed E-state index contributed by atoms with van der Waals surface area (Å²) >= 11 is 0. The number of nitrogens with zero attached hydrogens (tertiary/aromatic N) is 3. The average molecular weight is 503 g/mol. The van der Waals surface area contributed by atoms with Crippen molar-refractivity contribution in [2.75, 3.05) is 5.32 Å². The SMILES string of the molecule is CCc1cccc(CC)c1NC(N)=NCc1nccn1CCc1ccccc1.I. The molecule has 3 rings (SSSR count). The zero-order valence-electron chi connectivity index (χ0n) is 17.1. The Morgan fingerprint density at radius 2 is 1.72 bits per heavy atom. The molecule has 0 spiro atoms. The van der Waals surface area contributed by atoms with Gasteiger partial charge in [-0.15, -0.1) is 24.0 Å². The Morgan fingerprint density at radius 1 is 1.03 bits per heavy atom. The van der Waals surface area contributed by atoms with E-state index in [-0.39, 0.29) is 24.0 Å². The number of aromatic nitrogens is 2. The van der Waals surface area contributed by atoms with Crippen LogP contribution < -0.4 is 11.1 Å². The van der Waals surface area contributed by atoms with E-state index < -0.39 is 0 Å². The van der Waals surface area contributed by atoms with Crippen LogP contribution in [0.3, 0.4) is 0 Å². The van der Waals surface area contributed by atoms with Crippen LogP contribution in [0.4, 0.5) is 5.69 Å². The maximum atomic E-state index is 6.19. The van der Waals surface area contributed by atoms with Gasteiger partial charge in [-0.1, -0.05) is 62.4 Å². The molecule has 0 aliphatic rings. The van der Waals surface area contributed by atoms with E-state index in [4.69, 9.17) is 5.73 Å². The second kappa shape index (κ2) is 11.6. The highest BCUT2D eigenvalue weighted by Crippen LogP contribution is 2.22. The number of halogens is 1. The summed E-state index contributed by atoms with van der Waals surface area (Å²) in [5.74, 6) is 1.34. The fourth-order valence-corrected chi connectivity index (χ4v) is 3.32. The molecule has 2 aromatic carbocycles. The van der Waals surface area contributed by atoms with E-state index in [9.17, 15) is 0 Å². The highest BCUT2D eigenvalue weighted by Gasteiger charge is 2.08. The molecule has 29 heavy (non-hydrogen) atoms. The third-order valence-electron chi connectivity index (χ3n) is 4.93. The Labute approximate surface area is 190 Å². The van der Waals surface area contributed by atoms with Crippen molar-refractivity contribution in [2.24, 2.45) is 10.7 Å². The third kappa shape index (κ3) is 6.32. The van der Waals surface area contributed by atoms with Gasteiger partial charge in [-0.3, -0.25) is 0 Å². The number of rotatable bonds is 8. The number of aryl methyl sites for hydroxylation is 4. The maximum Gasteiger partial charge on any atom is 0.193 e. The smallest absolute Gasteiger partial charge is 0.193 e. The van der Waals surface area contributed by atoms with Crippen molar-refractivity contribution in [3.8, 4) is 0 Å². The highest BCUT2D eigenvalue weighted by atomic mass is 127. The number of benzene rings is 2. The summed E-state index contributed by atoms with van der Waals surface area (Å²) < 4.78 is 2.14. The van der Waals surface area contributed by atoms with Crippen LogP contribution in [-0.2, 0) is 32.4 Å². The fraction of sp³-hybridized carbons (Fsp3) is 0.304. The molecule has 0 fully saturated rings. The molecule has 0 atom stereocenters. The van der Waals surface area contributed by atoms with Crippen molar-refractivity contribution >= 4 is 35.6 Å². The maximum absolute atomic E-state index is 6.19. The molecule has 0 bridgehead atoms. The second-order valence-electron chi connectivity index (χ2n) is 6.76. The molecular formula is C23H30IN5. The summed E-state index contributed by atoms with van der Waals surface area (Å²) in [7, 11) is 0. The first-order chi connectivity index (χ1) is 13.7. The van der Waals surface area contributed by atoms with E-state index >= 15 is 0 Å². The van der Waals surface area contributed by atoms with Crippen LogP contribution in [0.2, 0.25) is 0 Å². The first-order valence-electron chi connectivity index (χ1n) is 9.92. The van der Waals surface area contributed by atoms with Gasteiger partial charge in [-0.2, -0.15) is 0 Å². The number of para-hydroxylation sites is 1. The molecule has 0 unspecified atom stereocenters. The molecular weight excluding hydrogens is 473 g/mol. The molecule has 0 amide bonds. The van der Waals surface area contributed by atoms with E-state index in [2.05, 4.69) is 76.2 Å². The Balaban J connectivity index is 0.00000300. The summed E-state index contributed by atoms with van der Waals surface area (Å²) in [4.78, 5) is 8.98. The molecule has 0 saturated heterocycles. The third-order valence-corrected chi connectivity index (χ3v) is 4.93. The first-order valence-corrected chi connectivity index (χ1v) is 9.92. The van der Waals surface area contributed by atoms with Gasteiger partial charge in [0.25, 0.3) is 0 Å². The van der Waals surface area contributed by atoms with Crippen LogP contribution in [0.15, 0.2) is 65.9 Å². The number of hydrogen-bond acceptors (Lipinski definition) is 2. The lowest BCUT2D eigenvalue weighted by Gasteiger charge is -2.15. The molecule has 0 saturated carbocycles. The van der Waals surface area contributed by atoms with E-state index in [1.54, 1.807) is 0 Å². The van der Waals surface area contributed by atoms with Gasteiger partial charge in [-0.05, 0) is 36.0 Å². The molecule has 1 aromatic heterocycles. The second-order valence-corrected chi connectivity index (χ2v) is 6.76. The minimum Gasteiger partial charge on any atom is -0.370 e. The lowest BCUT2D eigenvalue weighted by molar-refractivity contribution is 0.652. The predicted octanol–water partition coefficient (Wildman–Crippen LogP) is 4.80. The van der Waals surface area contributed by atoms with Crippen molar-refractivity contribution in [3.63, 3.8) is 0 Å². The lowest BCUT2D eigenvalue weighted by Crippen LogP contribution is -2.24. The Bertz CT molecular complexity index is 896. The molecule has 5 nitrogen and oxygen atoms in total. The molecule has 6 heteroatoms. The molecule has 154 valence electrons. The zero-order chi connectivity index (χ0) is 19.8. The van der Waals surface area contributed by atoms with Crippen molar-refractivity contribution in [1.82, 2.24) is 9.55 Å². The quantitative estimate of drug-likeness (QED) is 0.264.